The van der Waals surface area contributed by atoms with Crippen molar-refractivity contribution in [1.29, 1.82) is 0 Å². The van der Waals surface area contributed by atoms with Gasteiger partial charge in [0, 0.05) is 32.1 Å². The average Bonchev–Trinajstić information content (AvgIpc) is 3.08. The van der Waals surface area contributed by atoms with Crippen LogP contribution in [0.3, 0.4) is 0 Å². The first kappa shape index (κ1) is 17.7. The van der Waals surface area contributed by atoms with Gasteiger partial charge in [-0.05, 0) is 38.1 Å². The summed E-state index contributed by atoms with van der Waals surface area (Å²) in [5, 5.41) is 0. The van der Waals surface area contributed by atoms with E-state index in [2.05, 4.69) is 13.8 Å². The van der Waals surface area contributed by atoms with Gasteiger partial charge in [-0.1, -0.05) is 13.8 Å². The van der Waals surface area contributed by atoms with E-state index in [4.69, 9.17) is 0 Å². The normalized spacial score (nSPS) is 26.7. The Balaban J connectivity index is 1.79. The molecule has 2 aliphatic heterocycles. The van der Waals surface area contributed by atoms with Crippen LogP contribution in [0.5, 0.6) is 0 Å². The van der Waals surface area contributed by atoms with Crippen LogP contribution < -0.4 is 0 Å². The van der Waals surface area contributed by atoms with E-state index in [1.54, 1.807) is 0 Å². The van der Waals surface area contributed by atoms with Crippen LogP contribution in [0.4, 0.5) is 0 Å². The highest BCUT2D eigenvalue weighted by Gasteiger charge is 2.37. The molecule has 22 heavy (non-hydrogen) atoms. The standard InChI is InChI=1S/C16H30N2O3S/c1-4-16(5-2)8-10-18(13-16)15(19)6-9-17(3)14-7-11-22(20,21)12-14/h14H,4-13H2,1-3H3/t14-/m0/s1. The second-order valence-electron chi connectivity index (χ2n) is 7.06. The van der Waals surface area contributed by atoms with Crippen molar-refractivity contribution < 1.29 is 13.2 Å². The Hall–Kier alpha value is -0.620. The average molecular weight is 330 g/mol. The maximum absolute atomic E-state index is 12.4. The molecule has 0 radical (unpaired) electrons. The van der Waals surface area contributed by atoms with Crippen molar-refractivity contribution in [1.82, 2.24) is 9.80 Å². The lowest BCUT2D eigenvalue weighted by Crippen LogP contribution is -2.37. The lowest BCUT2D eigenvalue weighted by Gasteiger charge is -2.27. The minimum Gasteiger partial charge on any atom is -0.342 e. The second kappa shape index (κ2) is 6.87. The Morgan fingerprint density at radius 1 is 1.32 bits per heavy atom. The topological polar surface area (TPSA) is 57.7 Å². The van der Waals surface area contributed by atoms with Crippen LogP contribution in [-0.4, -0.2) is 68.4 Å². The maximum atomic E-state index is 12.4. The highest BCUT2D eigenvalue weighted by atomic mass is 32.2. The molecule has 6 heteroatoms. The zero-order valence-corrected chi connectivity index (χ0v) is 15.0. The van der Waals surface area contributed by atoms with Gasteiger partial charge < -0.3 is 9.80 Å². The molecule has 5 nitrogen and oxygen atoms in total. The smallest absolute Gasteiger partial charge is 0.223 e. The van der Waals surface area contributed by atoms with E-state index in [9.17, 15) is 13.2 Å². The Bertz CT molecular complexity index is 500. The van der Waals surface area contributed by atoms with Crippen LogP contribution in [0.25, 0.3) is 0 Å². The van der Waals surface area contributed by atoms with Crippen molar-refractivity contribution in [2.75, 3.05) is 38.2 Å². The van der Waals surface area contributed by atoms with E-state index in [0.29, 0.717) is 24.8 Å². The van der Waals surface area contributed by atoms with Crippen molar-refractivity contribution in [2.45, 2.75) is 52.0 Å². The first-order chi connectivity index (χ1) is 10.3. The molecule has 0 aromatic rings. The summed E-state index contributed by atoms with van der Waals surface area (Å²) < 4.78 is 23.1. The fourth-order valence-electron chi connectivity index (χ4n) is 3.71. The largest absolute Gasteiger partial charge is 0.342 e. The van der Waals surface area contributed by atoms with E-state index in [-0.39, 0.29) is 23.5 Å². The highest BCUT2D eigenvalue weighted by Crippen LogP contribution is 2.37. The van der Waals surface area contributed by atoms with Gasteiger partial charge in [0.2, 0.25) is 5.91 Å². The third-order valence-electron chi connectivity index (χ3n) is 5.80. The molecule has 0 spiro atoms. The molecule has 0 saturated carbocycles. The molecule has 0 aromatic carbocycles. The number of amides is 1. The quantitative estimate of drug-likeness (QED) is 0.741. The molecule has 128 valence electrons. The van der Waals surface area contributed by atoms with E-state index in [1.165, 1.54) is 0 Å². The van der Waals surface area contributed by atoms with Crippen molar-refractivity contribution in [3.8, 4) is 0 Å². The summed E-state index contributed by atoms with van der Waals surface area (Å²) in [7, 11) is -0.918. The first-order valence-electron chi connectivity index (χ1n) is 8.49. The van der Waals surface area contributed by atoms with Crippen LogP contribution in [0.1, 0.15) is 46.0 Å². The molecule has 0 unspecified atom stereocenters. The zero-order valence-electron chi connectivity index (χ0n) is 14.2. The van der Waals surface area contributed by atoms with Gasteiger partial charge in [-0.3, -0.25) is 4.79 Å². The first-order valence-corrected chi connectivity index (χ1v) is 10.3. The molecule has 1 atom stereocenters. The van der Waals surface area contributed by atoms with Crippen LogP contribution in [0.2, 0.25) is 0 Å². The summed E-state index contributed by atoms with van der Waals surface area (Å²) in [6, 6.07) is 0.0850. The number of hydrogen-bond donors (Lipinski definition) is 0. The molecule has 2 fully saturated rings. The minimum atomic E-state index is -2.85. The predicted molar refractivity (Wildman–Crippen MR) is 88.5 cm³/mol. The lowest BCUT2D eigenvalue weighted by molar-refractivity contribution is -0.131. The van der Waals surface area contributed by atoms with Crippen molar-refractivity contribution in [3.05, 3.63) is 0 Å². The predicted octanol–water partition coefficient (Wildman–Crippen LogP) is 1.53. The molecule has 0 aromatic heterocycles. The number of nitrogens with zero attached hydrogens (tertiary/aromatic N) is 2. The zero-order chi connectivity index (χ0) is 16.4. The number of likely N-dealkylation sites (tertiary alicyclic amines) is 1. The van der Waals surface area contributed by atoms with E-state index < -0.39 is 9.84 Å². The van der Waals surface area contributed by atoms with Crippen LogP contribution in [0.15, 0.2) is 0 Å². The van der Waals surface area contributed by atoms with Gasteiger partial charge >= 0.3 is 0 Å². The molecule has 0 aliphatic carbocycles. The number of rotatable bonds is 6. The van der Waals surface area contributed by atoms with Crippen molar-refractivity contribution >= 4 is 15.7 Å². The van der Waals surface area contributed by atoms with E-state index >= 15 is 0 Å². The fraction of sp³-hybridized carbons (Fsp3) is 0.938. The third kappa shape index (κ3) is 4.02. The van der Waals surface area contributed by atoms with Gasteiger partial charge in [0.15, 0.2) is 9.84 Å². The van der Waals surface area contributed by atoms with E-state index in [1.807, 2.05) is 16.8 Å². The lowest BCUT2D eigenvalue weighted by atomic mass is 9.82. The molecule has 2 saturated heterocycles. The van der Waals surface area contributed by atoms with Gasteiger partial charge in [-0.25, -0.2) is 8.42 Å². The SMILES string of the molecule is CCC1(CC)CCN(C(=O)CCN(C)[C@H]2CCS(=O)(=O)C2)C1. The summed E-state index contributed by atoms with van der Waals surface area (Å²) >= 11 is 0. The summed E-state index contributed by atoms with van der Waals surface area (Å²) in [5.74, 6) is 0.754. The van der Waals surface area contributed by atoms with Gasteiger partial charge in [-0.15, -0.1) is 0 Å². The Morgan fingerprint density at radius 3 is 2.50 bits per heavy atom. The Kier molecular flexibility index (Phi) is 5.54. The monoisotopic (exact) mass is 330 g/mol. The van der Waals surface area contributed by atoms with Gasteiger partial charge in [0.1, 0.15) is 0 Å². The summed E-state index contributed by atoms with van der Waals surface area (Å²) in [5.41, 5.74) is 0.321. The molecule has 0 N–H and O–H groups in total. The maximum Gasteiger partial charge on any atom is 0.223 e. The van der Waals surface area contributed by atoms with Crippen LogP contribution >= 0.6 is 0 Å². The number of carbonyl (C=O) groups is 1. The van der Waals surface area contributed by atoms with Crippen molar-refractivity contribution in [3.63, 3.8) is 0 Å². The molecule has 0 bridgehead atoms. The number of sulfone groups is 1. The van der Waals surface area contributed by atoms with Gasteiger partial charge in [0.05, 0.1) is 11.5 Å². The fourth-order valence-corrected chi connectivity index (χ4v) is 5.52. The number of carbonyl (C=O) groups excluding carboxylic acids is 1. The molecule has 2 rings (SSSR count). The second-order valence-corrected chi connectivity index (χ2v) is 9.29. The summed E-state index contributed by atoms with van der Waals surface area (Å²) in [6.45, 7) is 6.85. The van der Waals surface area contributed by atoms with Gasteiger partial charge in [-0.2, -0.15) is 0 Å². The number of hydrogen-bond acceptors (Lipinski definition) is 4. The highest BCUT2D eigenvalue weighted by molar-refractivity contribution is 7.91. The molecular weight excluding hydrogens is 300 g/mol. The molecule has 2 aliphatic rings. The molecule has 2 heterocycles. The molecular formula is C16H30N2O3S. The molecule has 1 amide bonds. The Labute approximate surface area is 135 Å². The Morgan fingerprint density at radius 2 is 2.00 bits per heavy atom. The summed E-state index contributed by atoms with van der Waals surface area (Å²) in [4.78, 5) is 16.4. The van der Waals surface area contributed by atoms with Crippen molar-refractivity contribution in [2.24, 2.45) is 5.41 Å². The van der Waals surface area contributed by atoms with Crippen LogP contribution in [0, 0.1) is 5.41 Å². The van der Waals surface area contributed by atoms with Crippen LogP contribution in [-0.2, 0) is 14.6 Å². The summed E-state index contributed by atoms with van der Waals surface area (Å²) in [6.07, 6.45) is 4.57. The van der Waals surface area contributed by atoms with Gasteiger partial charge in [0.25, 0.3) is 0 Å². The minimum absolute atomic E-state index is 0.0850. The third-order valence-corrected chi connectivity index (χ3v) is 7.55. The van der Waals surface area contributed by atoms with E-state index in [0.717, 1.165) is 32.4 Å².